The number of benzene rings is 1. The van der Waals surface area contributed by atoms with E-state index in [0.717, 1.165) is 16.3 Å². The van der Waals surface area contributed by atoms with Crippen molar-refractivity contribution in [1.82, 2.24) is 9.55 Å². The summed E-state index contributed by atoms with van der Waals surface area (Å²) in [4.78, 5) is 4.19. The van der Waals surface area contributed by atoms with Gasteiger partial charge in [0.15, 0.2) is 0 Å². The Morgan fingerprint density at radius 2 is 2.19 bits per heavy atom. The van der Waals surface area contributed by atoms with Crippen LogP contribution in [0, 0.1) is 6.92 Å². The van der Waals surface area contributed by atoms with Crippen LogP contribution in [-0.2, 0) is 0 Å². The van der Waals surface area contributed by atoms with E-state index in [1.807, 2.05) is 42.0 Å². The standard InChI is InChI=1S/C12H14ClN3/c1-8-7-16(12(14)15-8)9(2)10-4-3-5-11(13)6-10/h3-7,9H,1-2H3,(H2,14,15). The third-order valence-corrected chi connectivity index (χ3v) is 2.86. The highest BCUT2D eigenvalue weighted by molar-refractivity contribution is 6.30. The van der Waals surface area contributed by atoms with Crippen LogP contribution in [-0.4, -0.2) is 9.55 Å². The van der Waals surface area contributed by atoms with Crippen molar-refractivity contribution in [3.63, 3.8) is 0 Å². The molecular weight excluding hydrogens is 222 g/mol. The Balaban J connectivity index is 2.38. The van der Waals surface area contributed by atoms with Crippen molar-refractivity contribution in [2.24, 2.45) is 0 Å². The number of halogens is 1. The lowest BCUT2D eigenvalue weighted by molar-refractivity contribution is 0.648. The van der Waals surface area contributed by atoms with E-state index in [-0.39, 0.29) is 6.04 Å². The second-order valence-corrected chi connectivity index (χ2v) is 4.32. The molecule has 0 amide bonds. The van der Waals surface area contributed by atoms with Gasteiger partial charge in [-0.3, -0.25) is 0 Å². The van der Waals surface area contributed by atoms with Crippen LogP contribution >= 0.6 is 11.6 Å². The summed E-state index contributed by atoms with van der Waals surface area (Å²) in [5.74, 6) is 0.532. The molecular formula is C12H14ClN3. The minimum Gasteiger partial charge on any atom is -0.369 e. The van der Waals surface area contributed by atoms with Gasteiger partial charge in [0.1, 0.15) is 0 Å². The average molecular weight is 236 g/mol. The molecule has 1 aromatic heterocycles. The van der Waals surface area contributed by atoms with Gasteiger partial charge >= 0.3 is 0 Å². The molecule has 0 aliphatic heterocycles. The number of nitrogen functional groups attached to an aromatic ring is 1. The zero-order valence-electron chi connectivity index (χ0n) is 9.31. The molecule has 2 N–H and O–H groups in total. The summed E-state index contributed by atoms with van der Waals surface area (Å²) in [6.07, 6.45) is 1.95. The number of hydrogen-bond donors (Lipinski definition) is 1. The van der Waals surface area contributed by atoms with Crippen molar-refractivity contribution in [2.45, 2.75) is 19.9 Å². The molecule has 1 atom stereocenters. The summed E-state index contributed by atoms with van der Waals surface area (Å²) < 4.78 is 1.95. The first-order valence-electron chi connectivity index (χ1n) is 5.14. The molecule has 0 aliphatic rings. The second kappa shape index (κ2) is 4.18. The second-order valence-electron chi connectivity index (χ2n) is 3.88. The van der Waals surface area contributed by atoms with Gasteiger partial charge in [-0.1, -0.05) is 23.7 Å². The maximum atomic E-state index is 5.97. The van der Waals surface area contributed by atoms with E-state index in [2.05, 4.69) is 11.9 Å². The highest BCUT2D eigenvalue weighted by Gasteiger charge is 2.11. The highest BCUT2D eigenvalue weighted by atomic mass is 35.5. The highest BCUT2D eigenvalue weighted by Crippen LogP contribution is 2.23. The Kier molecular flexibility index (Phi) is 2.88. The van der Waals surface area contributed by atoms with Crippen LogP contribution in [0.2, 0.25) is 5.02 Å². The zero-order valence-corrected chi connectivity index (χ0v) is 10.1. The summed E-state index contributed by atoms with van der Waals surface area (Å²) in [5.41, 5.74) is 7.88. The Bertz CT molecular complexity index is 505. The van der Waals surface area contributed by atoms with Crippen LogP contribution < -0.4 is 5.73 Å². The average Bonchev–Trinajstić information content (AvgIpc) is 2.57. The minimum atomic E-state index is 0.139. The van der Waals surface area contributed by atoms with Gasteiger partial charge in [-0.25, -0.2) is 4.98 Å². The van der Waals surface area contributed by atoms with E-state index in [1.54, 1.807) is 0 Å². The fourth-order valence-corrected chi connectivity index (χ4v) is 1.97. The number of aromatic nitrogens is 2. The molecule has 0 bridgehead atoms. The van der Waals surface area contributed by atoms with Crippen molar-refractivity contribution in [3.8, 4) is 0 Å². The molecule has 0 saturated carbocycles. The molecule has 0 aliphatic carbocycles. The third kappa shape index (κ3) is 2.04. The van der Waals surface area contributed by atoms with Crippen molar-refractivity contribution < 1.29 is 0 Å². The van der Waals surface area contributed by atoms with E-state index < -0.39 is 0 Å². The summed E-state index contributed by atoms with van der Waals surface area (Å²) >= 11 is 5.97. The van der Waals surface area contributed by atoms with Gasteiger partial charge in [-0.15, -0.1) is 0 Å². The predicted octanol–water partition coefficient (Wildman–Crippen LogP) is 3.04. The lowest BCUT2D eigenvalue weighted by Crippen LogP contribution is -2.09. The summed E-state index contributed by atoms with van der Waals surface area (Å²) in [6.45, 7) is 4.00. The summed E-state index contributed by atoms with van der Waals surface area (Å²) in [6, 6.07) is 7.92. The van der Waals surface area contributed by atoms with Crippen LogP contribution in [0.15, 0.2) is 30.5 Å². The van der Waals surface area contributed by atoms with Gasteiger partial charge in [0.2, 0.25) is 5.95 Å². The Morgan fingerprint density at radius 3 is 2.75 bits per heavy atom. The first kappa shape index (κ1) is 11.0. The lowest BCUT2D eigenvalue weighted by atomic mass is 10.1. The molecule has 0 radical (unpaired) electrons. The number of hydrogen-bond acceptors (Lipinski definition) is 2. The van der Waals surface area contributed by atoms with Gasteiger partial charge in [0, 0.05) is 11.2 Å². The molecule has 1 unspecified atom stereocenters. The zero-order chi connectivity index (χ0) is 11.7. The Morgan fingerprint density at radius 1 is 1.44 bits per heavy atom. The SMILES string of the molecule is Cc1cn(C(C)c2cccc(Cl)c2)c(N)n1. The predicted molar refractivity (Wildman–Crippen MR) is 66.6 cm³/mol. The van der Waals surface area contributed by atoms with E-state index in [0.29, 0.717) is 5.95 Å². The molecule has 0 saturated heterocycles. The number of anilines is 1. The quantitative estimate of drug-likeness (QED) is 0.870. The van der Waals surface area contributed by atoms with E-state index in [1.165, 1.54) is 0 Å². The number of nitrogens with zero attached hydrogens (tertiary/aromatic N) is 2. The van der Waals surface area contributed by atoms with Crippen molar-refractivity contribution >= 4 is 17.5 Å². The van der Waals surface area contributed by atoms with Crippen molar-refractivity contribution in [2.75, 3.05) is 5.73 Å². The van der Waals surface area contributed by atoms with E-state index in [9.17, 15) is 0 Å². The molecule has 0 fully saturated rings. The minimum absolute atomic E-state index is 0.139. The number of aryl methyl sites for hydroxylation is 1. The first-order valence-corrected chi connectivity index (χ1v) is 5.52. The molecule has 2 aromatic rings. The van der Waals surface area contributed by atoms with Crippen LogP contribution in [0.3, 0.4) is 0 Å². The number of nitrogens with two attached hydrogens (primary N) is 1. The van der Waals surface area contributed by atoms with Crippen molar-refractivity contribution in [3.05, 3.63) is 46.7 Å². The number of imidazole rings is 1. The van der Waals surface area contributed by atoms with Crippen molar-refractivity contribution in [1.29, 1.82) is 0 Å². The van der Waals surface area contributed by atoms with E-state index >= 15 is 0 Å². The van der Waals surface area contributed by atoms with Crippen LogP contribution in [0.1, 0.15) is 24.2 Å². The van der Waals surface area contributed by atoms with E-state index in [4.69, 9.17) is 17.3 Å². The Labute approximate surface area is 99.9 Å². The molecule has 0 spiro atoms. The molecule has 4 heteroatoms. The normalized spacial score (nSPS) is 12.7. The van der Waals surface area contributed by atoms with Crippen LogP contribution in [0.5, 0.6) is 0 Å². The molecule has 2 rings (SSSR count). The van der Waals surface area contributed by atoms with Crippen LogP contribution in [0.4, 0.5) is 5.95 Å². The maximum Gasteiger partial charge on any atom is 0.200 e. The Hall–Kier alpha value is -1.48. The smallest absolute Gasteiger partial charge is 0.200 e. The largest absolute Gasteiger partial charge is 0.369 e. The summed E-state index contributed by atoms with van der Waals surface area (Å²) in [5, 5.41) is 0.736. The molecule has 1 aromatic carbocycles. The number of rotatable bonds is 2. The molecule has 84 valence electrons. The van der Waals surface area contributed by atoms with Crippen LogP contribution in [0.25, 0.3) is 0 Å². The molecule has 1 heterocycles. The molecule has 3 nitrogen and oxygen atoms in total. The van der Waals surface area contributed by atoms with Gasteiger partial charge in [0.25, 0.3) is 0 Å². The van der Waals surface area contributed by atoms with Gasteiger partial charge in [-0.2, -0.15) is 0 Å². The maximum absolute atomic E-state index is 5.97. The third-order valence-electron chi connectivity index (χ3n) is 2.63. The molecule has 16 heavy (non-hydrogen) atoms. The monoisotopic (exact) mass is 235 g/mol. The fraction of sp³-hybridized carbons (Fsp3) is 0.250. The fourth-order valence-electron chi connectivity index (χ4n) is 1.77. The topological polar surface area (TPSA) is 43.8 Å². The lowest BCUT2D eigenvalue weighted by Gasteiger charge is -2.15. The van der Waals surface area contributed by atoms with Gasteiger partial charge in [-0.05, 0) is 31.5 Å². The summed E-state index contributed by atoms with van der Waals surface area (Å²) in [7, 11) is 0. The van der Waals surface area contributed by atoms with Gasteiger partial charge < -0.3 is 10.3 Å². The first-order chi connectivity index (χ1) is 7.58. The van der Waals surface area contributed by atoms with Gasteiger partial charge in [0.05, 0.1) is 11.7 Å².